The average Bonchev–Trinajstić information content (AvgIpc) is 2.54. The van der Waals surface area contributed by atoms with Gasteiger partial charge in [-0.1, -0.05) is 6.07 Å². The fourth-order valence-corrected chi connectivity index (χ4v) is 4.57. The van der Waals surface area contributed by atoms with Crippen LogP contribution in [0.5, 0.6) is 0 Å². The van der Waals surface area contributed by atoms with Crippen LogP contribution in [0, 0.1) is 0 Å². The lowest BCUT2D eigenvalue weighted by Gasteiger charge is -2.10. The molecule has 0 atom stereocenters. The first-order chi connectivity index (χ1) is 11.6. The Morgan fingerprint density at radius 3 is 2.56 bits per heavy atom. The van der Waals surface area contributed by atoms with Crippen molar-refractivity contribution in [1.29, 1.82) is 0 Å². The largest absolute Gasteiger partial charge is 0.545 e. The summed E-state index contributed by atoms with van der Waals surface area (Å²) < 4.78 is 62.4. The van der Waals surface area contributed by atoms with Crippen LogP contribution in [0.2, 0.25) is 0 Å². The van der Waals surface area contributed by atoms with Gasteiger partial charge in [0.1, 0.15) is 5.03 Å². The van der Waals surface area contributed by atoms with E-state index >= 15 is 0 Å². The van der Waals surface area contributed by atoms with Crippen molar-refractivity contribution in [2.75, 3.05) is 11.5 Å². The number of carboxylic acid groups (broad SMARTS) is 1. The maximum atomic E-state index is 12.7. The van der Waals surface area contributed by atoms with Crippen LogP contribution in [0.15, 0.2) is 52.5 Å². The van der Waals surface area contributed by atoms with Gasteiger partial charge in [0, 0.05) is 17.5 Å². The van der Waals surface area contributed by atoms with Gasteiger partial charge >= 0.3 is 6.18 Å². The van der Waals surface area contributed by atoms with E-state index in [0.717, 1.165) is 30.0 Å². The molecule has 0 unspecified atom stereocenters. The molecule has 2 aromatic rings. The van der Waals surface area contributed by atoms with Crippen LogP contribution < -0.4 is 5.11 Å². The van der Waals surface area contributed by atoms with E-state index in [9.17, 15) is 31.5 Å². The summed E-state index contributed by atoms with van der Waals surface area (Å²) in [5.74, 6) is -1.99. The molecule has 134 valence electrons. The molecule has 0 aliphatic rings. The molecule has 0 fully saturated rings. The summed E-state index contributed by atoms with van der Waals surface area (Å²) in [6.45, 7) is 0. The molecule has 0 amide bonds. The number of benzene rings is 1. The van der Waals surface area contributed by atoms with E-state index in [2.05, 4.69) is 4.98 Å². The molecule has 2 rings (SSSR count). The number of pyridine rings is 1. The van der Waals surface area contributed by atoms with Crippen LogP contribution >= 0.6 is 11.8 Å². The van der Waals surface area contributed by atoms with Crippen molar-refractivity contribution in [1.82, 2.24) is 4.98 Å². The number of carbonyl (C=O) groups is 1. The van der Waals surface area contributed by atoms with Crippen LogP contribution in [0.25, 0.3) is 0 Å². The predicted molar refractivity (Wildman–Crippen MR) is 82.8 cm³/mol. The van der Waals surface area contributed by atoms with Gasteiger partial charge in [-0.3, -0.25) is 0 Å². The molecular formula is C15H11F3NO4S2-. The number of carboxylic acids is 1. The molecular weight excluding hydrogens is 379 g/mol. The highest BCUT2D eigenvalue weighted by Gasteiger charge is 2.31. The molecule has 0 bridgehead atoms. The molecule has 5 nitrogen and oxygen atoms in total. The third-order valence-electron chi connectivity index (χ3n) is 3.10. The summed E-state index contributed by atoms with van der Waals surface area (Å²) in [6, 6.07) is 6.14. The maximum Gasteiger partial charge on any atom is 0.416 e. The van der Waals surface area contributed by atoms with Gasteiger partial charge in [0.25, 0.3) is 0 Å². The molecule has 1 aromatic carbocycles. The maximum absolute atomic E-state index is 12.7. The van der Waals surface area contributed by atoms with Crippen molar-refractivity contribution in [3.8, 4) is 0 Å². The van der Waals surface area contributed by atoms with Gasteiger partial charge in [0.2, 0.25) is 0 Å². The van der Waals surface area contributed by atoms with Gasteiger partial charge in [-0.15, -0.1) is 11.8 Å². The standard InChI is InChI=1S/C15H12F3NO4S2/c16-15(17,18)10-3-1-4-11(9-10)25(22,23)8-7-24-13-12(14(20)21)5-2-6-19-13/h1-6,9H,7-8H2,(H,20,21)/p-1. The molecule has 0 saturated carbocycles. The van der Waals surface area contributed by atoms with Crippen molar-refractivity contribution < 1.29 is 31.5 Å². The molecule has 1 heterocycles. The molecule has 25 heavy (non-hydrogen) atoms. The fourth-order valence-electron chi connectivity index (χ4n) is 1.89. The fraction of sp³-hybridized carbons (Fsp3) is 0.200. The predicted octanol–water partition coefficient (Wildman–Crippen LogP) is 2.03. The summed E-state index contributed by atoms with van der Waals surface area (Å²) in [4.78, 5) is 14.3. The van der Waals surface area contributed by atoms with E-state index in [1.807, 2.05) is 0 Å². The number of rotatable bonds is 6. The minimum absolute atomic E-state index is 0.0735. The van der Waals surface area contributed by atoms with E-state index in [4.69, 9.17) is 0 Å². The second-order valence-electron chi connectivity index (χ2n) is 4.84. The Hall–Kier alpha value is -2.07. The number of aromatic carboxylic acids is 1. The lowest BCUT2D eigenvalue weighted by atomic mass is 10.2. The quantitative estimate of drug-likeness (QED) is 0.702. The third kappa shape index (κ3) is 4.95. The Morgan fingerprint density at radius 1 is 1.20 bits per heavy atom. The van der Waals surface area contributed by atoms with Gasteiger partial charge < -0.3 is 9.90 Å². The lowest BCUT2D eigenvalue weighted by Crippen LogP contribution is -2.23. The zero-order valence-electron chi connectivity index (χ0n) is 12.5. The minimum Gasteiger partial charge on any atom is -0.545 e. The highest BCUT2D eigenvalue weighted by atomic mass is 32.2. The van der Waals surface area contributed by atoms with Crippen molar-refractivity contribution in [3.63, 3.8) is 0 Å². The molecule has 0 aliphatic heterocycles. The number of thioether (sulfide) groups is 1. The first-order valence-electron chi connectivity index (χ1n) is 6.80. The Balaban J connectivity index is 2.12. The van der Waals surface area contributed by atoms with Crippen LogP contribution in [0.1, 0.15) is 15.9 Å². The van der Waals surface area contributed by atoms with Crippen molar-refractivity contribution in [2.24, 2.45) is 0 Å². The average molecular weight is 390 g/mol. The van der Waals surface area contributed by atoms with E-state index in [-0.39, 0.29) is 16.3 Å². The first-order valence-corrected chi connectivity index (χ1v) is 9.44. The number of nitrogens with zero attached hydrogens (tertiary/aromatic N) is 1. The topological polar surface area (TPSA) is 87.2 Å². The Morgan fingerprint density at radius 2 is 1.92 bits per heavy atom. The number of hydrogen-bond donors (Lipinski definition) is 0. The Bertz CT molecular complexity index is 882. The van der Waals surface area contributed by atoms with Gasteiger partial charge in [-0.2, -0.15) is 13.2 Å². The second kappa shape index (κ2) is 7.44. The molecule has 0 radical (unpaired) electrons. The number of aromatic nitrogens is 1. The zero-order valence-corrected chi connectivity index (χ0v) is 14.1. The van der Waals surface area contributed by atoms with Gasteiger partial charge in [0.15, 0.2) is 9.84 Å². The SMILES string of the molecule is O=C([O-])c1cccnc1SCCS(=O)(=O)c1cccc(C(F)(F)F)c1. The monoisotopic (exact) mass is 390 g/mol. The third-order valence-corrected chi connectivity index (χ3v) is 6.08. The van der Waals surface area contributed by atoms with Crippen molar-refractivity contribution >= 4 is 27.6 Å². The first kappa shape index (κ1) is 19.3. The van der Waals surface area contributed by atoms with Crippen molar-refractivity contribution in [2.45, 2.75) is 16.1 Å². The van der Waals surface area contributed by atoms with Gasteiger partial charge in [-0.25, -0.2) is 13.4 Å². The van der Waals surface area contributed by atoms with Crippen LogP contribution in [0.3, 0.4) is 0 Å². The number of alkyl halides is 3. The van der Waals surface area contributed by atoms with E-state index in [1.54, 1.807) is 0 Å². The summed E-state index contributed by atoms with van der Waals surface area (Å²) in [5.41, 5.74) is -1.23. The molecule has 1 aromatic heterocycles. The van der Waals surface area contributed by atoms with Crippen LogP contribution in [-0.4, -0.2) is 30.9 Å². The minimum atomic E-state index is -4.64. The van der Waals surface area contributed by atoms with Crippen LogP contribution in [-0.2, 0) is 16.0 Å². The van der Waals surface area contributed by atoms with Crippen LogP contribution in [0.4, 0.5) is 13.2 Å². The van der Waals surface area contributed by atoms with E-state index in [0.29, 0.717) is 6.07 Å². The molecule has 0 saturated heterocycles. The molecule has 0 aliphatic carbocycles. The number of carbonyl (C=O) groups excluding carboxylic acids is 1. The smallest absolute Gasteiger partial charge is 0.416 e. The van der Waals surface area contributed by atoms with Gasteiger partial charge in [0.05, 0.1) is 22.2 Å². The number of sulfone groups is 1. The van der Waals surface area contributed by atoms with Crippen molar-refractivity contribution in [3.05, 3.63) is 53.7 Å². The van der Waals surface area contributed by atoms with E-state index in [1.165, 1.54) is 18.3 Å². The second-order valence-corrected chi connectivity index (χ2v) is 8.03. The number of halogens is 3. The van der Waals surface area contributed by atoms with E-state index < -0.39 is 38.2 Å². The zero-order chi connectivity index (χ0) is 18.7. The molecule has 0 spiro atoms. The summed E-state index contributed by atoms with van der Waals surface area (Å²) >= 11 is 0.873. The Labute approximate surface area is 145 Å². The summed E-state index contributed by atoms with van der Waals surface area (Å²) in [6.07, 6.45) is -3.30. The highest BCUT2D eigenvalue weighted by Crippen LogP contribution is 2.31. The summed E-state index contributed by atoms with van der Waals surface area (Å²) in [7, 11) is -3.96. The highest BCUT2D eigenvalue weighted by molar-refractivity contribution is 8.00. The molecule has 10 heteroatoms. The lowest BCUT2D eigenvalue weighted by molar-refractivity contribution is -0.255. The summed E-state index contributed by atoms with van der Waals surface area (Å²) in [5, 5.41) is 11.0. The normalized spacial score (nSPS) is 12.1. The van der Waals surface area contributed by atoms with Gasteiger partial charge in [-0.05, 0) is 30.3 Å². The Kier molecular flexibility index (Phi) is 5.73. The number of hydrogen-bond acceptors (Lipinski definition) is 6. The molecule has 0 N–H and O–H groups in total.